The molecule has 3 heterocycles. The molecule has 2 aliphatic rings. The van der Waals surface area contributed by atoms with E-state index in [1.54, 1.807) is 0 Å². The summed E-state index contributed by atoms with van der Waals surface area (Å²) in [5, 5.41) is 1.19. The van der Waals surface area contributed by atoms with Crippen molar-refractivity contribution in [3.8, 4) is 0 Å². The van der Waals surface area contributed by atoms with Crippen LogP contribution in [0.1, 0.15) is 48.4 Å². The SMILES string of the molecule is Cc1nc(N2CCC[C@H]2C(N)=O)c2c3c(sc2n1)CCCCC3. The third kappa shape index (κ3) is 2.49. The number of nitrogens with zero attached hydrogens (tertiary/aromatic N) is 3. The fraction of sp³-hybridized carbons (Fsp3) is 0.588. The quantitative estimate of drug-likeness (QED) is 0.859. The summed E-state index contributed by atoms with van der Waals surface area (Å²) in [5.41, 5.74) is 7.05. The smallest absolute Gasteiger partial charge is 0.240 e. The molecule has 2 aromatic rings. The standard InChI is InChI=1S/C17H22N4OS/c1-10-19-16(21-9-5-7-12(21)15(18)22)14-11-6-3-2-4-8-13(11)23-17(14)20-10/h12H,2-9H2,1H3,(H2,18,22)/t12-/m0/s1. The molecule has 23 heavy (non-hydrogen) atoms. The van der Waals surface area contributed by atoms with Gasteiger partial charge < -0.3 is 10.6 Å². The first-order chi connectivity index (χ1) is 11.1. The Morgan fingerprint density at radius 1 is 1.22 bits per heavy atom. The Kier molecular flexibility index (Phi) is 3.71. The van der Waals surface area contributed by atoms with Crippen LogP contribution in [0.25, 0.3) is 10.2 Å². The molecule has 1 saturated heterocycles. The molecular formula is C17H22N4OS. The average molecular weight is 330 g/mol. The number of carbonyl (C=O) groups excluding carboxylic acids is 1. The van der Waals surface area contributed by atoms with Gasteiger partial charge in [-0.15, -0.1) is 11.3 Å². The predicted octanol–water partition coefficient (Wildman–Crippen LogP) is 2.72. The molecule has 0 aromatic carbocycles. The molecule has 1 aliphatic carbocycles. The van der Waals surface area contributed by atoms with E-state index >= 15 is 0 Å². The lowest BCUT2D eigenvalue weighted by molar-refractivity contribution is -0.119. The van der Waals surface area contributed by atoms with Crippen LogP contribution in [0.4, 0.5) is 5.82 Å². The zero-order valence-corrected chi connectivity index (χ0v) is 14.3. The third-order valence-corrected chi connectivity index (χ3v) is 6.20. The maximum absolute atomic E-state index is 11.8. The summed E-state index contributed by atoms with van der Waals surface area (Å²) in [5.74, 6) is 1.47. The number of anilines is 1. The van der Waals surface area contributed by atoms with Gasteiger partial charge in [-0.25, -0.2) is 9.97 Å². The maximum atomic E-state index is 11.8. The molecule has 1 amide bonds. The number of primary amides is 1. The van der Waals surface area contributed by atoms with Crippen LogP contribution in [0.2, 0.25) is 0 Å². The van der Waals surface area contributed by atoms with Gasteiger partial charge in [0.2, 0.25) is 5.91 Å². The second-order valence-electron chi connectivity index (χ2n) is 6.59. The molecule has 0 unspecified atom stereocenters. The van der Waals surface area contributed by atoms with Crippen molar-refractivity contribution in [1.29, 1.82) is 0 Å². The molecule has 0 saturated carbocycles. The largest absolute Gasteiger partial charge is 0.368 e. The molecule has 1 atom stereocenters. The van der Waals surface area contributed by atoms with Crippen molar-refractivity contribution < 1.29 is 4.79 Å². The van der Waals surface area contributed by atoms with Crippen LogP contribution in [-0.2, 0) is 17.6 Å². The number of rotatable bonds is 2. The van der Waals surface area contributed by atoms with E-state index in [0.717, 1.165) is 48.7 Å². The Morgan fingerprint density at radius 2 is 2.04 bits per heavy atom. The van der Waals surface area contributed by atoms with E-state index in [4.69, 9.17) is 10.7 Å². The Labute approximate surface area is 139 Å². The molecule has 4 rings (SSSR count). The number of hydrogen-bond acceptors (Lipinski definition) is 5. The Balaban J connectivity index is 1.91. The number of hydrogen-bond donors (Lipinski definition) is 1. The van der Waals surface area contributed by atoms with Gasteiger partial charge >= 0.3 is 0 Å². The fourth-order valence-electron chi connectivity index (χ4n) is 3.94. The molecular weight excluding hydrogens is 308 g/mol. The first-order valence-corrected chi connectivity index (χ1v) is 9.31. The molecule has 2 aromatic heterocycles. The number of thiophene rings is 1. The molecule has 0 spiro atoms. The minimum atomic E-state index is -0.242. The average Bonchev–Trinajstić information content (AvgIpc) is 3.06. The molecule has 0 bridgehead atoms. The summed E-state index contributed by atoms with van der Waals surface area (Å²) in [6.07, 6.45) is 7.84. The third-order valence-electron chi connectivity index (χ3n) is 5.01. The van der Waals surface area contributed by atoms with E-state index in [2.05, 4.69) is 9.88 Å². The predicted molar refractivity (Wildman–Crippen MR) is 93.0 cm³/mol. The molecule has 1 fully saturated rings. The monoisotopic (exact) mass is 330 g/mol. The Bertz CT molecular complexity index is 770. The molecule has 2 N–H and O–H groups in total. The summed E-state index contributed by atoms with van der Waals surface area (Å²) in [4.78, 5) is 25.9. The highest BCUT2D eigenvalue weighted by Crippen LogP contribution is 2.40. The van der Waals surface area contributed by atoms with Crippen LogP contribution in [0, 0.1) is 6.92 Å². The molecule has 6 heteroatoms. The van der Waals surface area contributed by atoms with Gasteiger partial charge in [0, 0.05) is 11.4 Å². The molecule has 122 valence electrons. The van der Waals surface area contributed by atoms with E-state index in [0.29, 0.717) is 0 Å². The molecule has 5 nitrogen and oxygen atoms in total. The van der Waals surface area contributed by atoms with Crippen LogP contribution in [0.3, 0.4) is 0 Å². The highest BCUT2D eigenvalue weighted by atomic mass is 32.1. The van der Waals surface area contributed by atoms with E-state index in [9.17, 15) is 4.79 Å². The number of carbonyl (C=O) groups is 1. The van der Waals surface area contributed by atoms with Crippen molar-refractivity contribution in [2.24, 2.45) is 5.73 Å². The first-order valence-electron chi connectivity index (χ1n) is 8.50. The van der Waals surface area contributed by atoms with Gasteiger partial charge in [0.25, 0.3) is 0 Å². The molecule has 0 radical (unpaired) electrons. The van der Waals surface area contributed by atoms with Crippen LogP contribution < -0.4 is 10.6 Å². The van der Waals surface area contributed by atoms with Crippen molar-refractivity contribution in [3.63, 3.8) is 0 Å². The maximum Gasteiger partial charge on any atom is 0.240 e. The Morgan fingerprint density at radius 3 is 2.87 bits per heavy atom. The molecule has 1 aliphatic heterocycles. The lowest BCUT2D eigenvalue weighted by Crippen LogP contribution is -2.41. The van der Waals surface area contributed by atoms with Gasteiger partial charge in [-0.3, -0.25) is 4.79 Å². The van der Waals surface area contributed by atoms with Gasteiger partial charge in [-0.1, -0.05) is 6.42 Å². The van der Waals surface area contributed by atoms with Gasteiger partial charge in [-0.2, -0.15) is 0 Å². The van der Waals surface area contributed by atoms with Crippen LogP contribution in [0.5, 0.6) is 0 Å². The fourth-order valence-corrected chi connectivity index (χ4v) is 5.24. The van der Waals surface area contributed by atoms with E-state index in [1.165, 1.54) is 35.1 Å². The second-order valence-corrected chi connectivity index (χ2v) is 7.68. The summed E-state index contributed by atoms with van der Waals surface area (Å²) < 4.78 is 0. The topological polar surface area (TPSA) is 72.1 Å². The van der Waals surface area contributed by atoms with E-state index in [-0.39, 0.29) is 11.9 Å². The zero-order valence-electron chi connectivity index (χ0n) is 13.5. The second kappa shape index (κ2) is 5.74. The Hall–Kier alpha value is -1.69. The van der Waals surface area contributed by atoms with Gasteiger partial charge in [0.15, 0.2) is 0 Å². The van der Waals surface area contributed by atoms with E-state index < -0.39 is 0 Å². The number of aryl methyl sites for hydroxylation is 3. The van der Waals surface area contributed by atoms with Crippen molar-refractivity contribution in [1.82, 2.24) is 9.97 Å². The van der Waals surface area contributed by atoms with Crippen LogP contribution >= 0.6 is 11.3 Å². The van der Waals surface area contributed by atoms with Crippen LogP contribution in [-0.4, -0.2) is 28.5 Å². The van der Waals surface area contributed by atoms with Crippen molar-refractivity contribution in [2.45, 2.75) is 57.9 Å². The summed E-state index contributed by atoms with van der Waals surface area (Å²) in [7, 11) is 0. The van der Waals surface area contributed by atoms with Crippen LogP contribution in [0.15, 0.2) is 0 Å². The van der Waals surface area contributed by atoms with Gasteiger partial charge in [0.05, 0.1) is 5.39 Å². The van der Waals surface area contributed by atoms with E-state index in [1.807, 2.05) is 18.3 Å². The zero-order chi connectivity index (χ0) is 16.0. The summed E-state index contributed by atoms with van der Waals surface area (Å²) >= 11 is 1.82. The van der Waals surface area contributed by atoms with Gasteiger partial charge in [0.1, 0.15) is 22.5 Å². The number of amides is 1. The van der Waals surface area contributed by atoms with Crippen molar-refractivity contribution in [3.05, 3.63) is 16.3 Å². The van der Waals surface area contributed by atoms with Crippen molar-refractivity contribution in [2.75, 3.05) is 11.4 Å². The minimum Gasteiger partial charge on any atom is -0.368 e. The number of fused-ring (bicyclic) bond motifs is 3. The van der Waals surface area contributed by atoms with Gasteiger partial charge in [-0.05, 0) is 51.0 Å². The number of nitrogens with two attached hydrogens (primary N) is 1. The first kappa shape index (κ1) is 14.9. The minimum absolute atomic E-state index is 0.228. The lowest BCUT2D eigenvalue weighted by atomic mass is 10.1. The highest BCUT2D eigenvalue weighted by molar-refractivity contribution is 7.19. The normalized spacial score (nSPS) is 21.4. The lowest BCUT2D eigenvalue weighted by Gasteiger charge is -2.24. The summed E-state index contributed by atoms with van der Waals surface area (Å²) in [6, 6.07) is -0.228. The number of aromatic nitrogens is 2. The summed E-state index contributed by atoms with van der Waals surface area (Å²) in [6.45, 7) is 2.78. The highest BCUT2D eigenvalue weighted by Gasteiger charge is 2.33. The van der Waals surface area contributed by atoms with Crippen molar-refractivity contribution >= 4 is 33.3 Å².